The predicted octanol–water partition coefficient (Wildman–Crippen LogP) is 2.11. The highest BCUT2D eigenvalue weighted by Crippen LogP contribution is 2.38. The summed E-state index contributed by atoms with van der Waals surface area (Å²) in [5, 5.41) is 4.54. The second-order valence-corrected chi connectivity index (χ2v) is 7.54. The van der Waals surface area contributed by atoms with Crippen LogP contribution in [0.2, 0.25) is 0 Å². The summed E-state index contributed by atoms with van der Waals surface area (Å²) in [6, 6.07) is 7.52. The van der Waals surface area contributed by atoms with E-state index in [0.29, 0.717) is 30.2 Å². The molecule has 0 bridgehead atoms. The Bertz CT molecular complexity index is 1160. The number of benzene rings is 2. The van der Waals surface area contributed by atoms with E-state index in [1.165, 1.54) is 27.4 Å². The van der Waals surface area contributed by atoms with Crippen molar-refractivity contribution in [2.24, 2.45) is 10.9 Å². The molecule has 2 amide bonds. The summed E-state index contributed by atoms with van der Waals surface area (Å²) in [6.45, 7) is 4.34. The number of methoxy groups -OCH3 is 3. The van der Waals surface area contributed by atoms with Gasteiger partial charge in [0.2, 0.25) is 11.7 Å². The summed E-state index contributed by atoms with van der Waals surface area (Å²) in [6.07, 6.45) is 5.51. The maximum atomic E-state index is 12.4. The number of carbonyl (C=O) groups is 2. The van der Waals surface area contributed by atoms with Gasteiger partial charge >= 0.3 is 0 Å². The molecule has 0 aliphatic carbocycles. The molecule has 7 nitrogen and oxygen atoms in total. The van der Waals surface area contributed by atoms with Crippen LogP contribution in [0, 0.1) is 19.8 Å². The van der Waals surface area contributed by atoms with Crippen LogP contribution in [0.5, 0.6) is 17.2 Å². The highest BCUT2D eigenvalue weighted by molar-refractivity contribution is 5.92. The molecule has 7 heteroatoms. The Kier molecular flexibility index (Phi) is 7.30. The Morgan fingerprint density at radius 3 is 2.41 bits per heavy atom. The molecule has 0 saturated heterocycles. The molecule has 1 heterocycles. The van der Waals surface area contributed by atoms with Crippen LogP contribution in [0.4, 0.5) is 0 Å². The Hall–Kier alpha value is -3.61. The van der Waals surface area contributed by atoms with Gasteiger partial charge in [0.15, 0.2) is 11.5 Å². The fourth-order valence-corrected chi connectivity index (χ4v) is 3.57. The largest absolute Gasteiger partial charge is 0.493 e. The Balaban J connectivity index is 1.62. The molecule has 2 aromatic rings. The number of nitrogens with one attached hydrogen (secondary N) is 1. The van der Waals surface area contributed by atoms with Crippen molar-refractivity contribution >= 4 is 24.0 Å². The first-order valence-electron chi connectivity index (χ1n) is 10.3. The molecule has 2 aromatic carbocycles. The molecule has 1 N–H and O–H groups in total. The topological polar surface area (TPSA) is 86.2 Å². The van der Waals surface area contributed by atoms with Gasteiger partial charge in [-0.15, -0.1) is 0 Å². The molecular formula is C25H28N2O5. The fourth-order valence-electron chi connectivity index (χ4n) is 3.57. The van der Waals surface area contributed by atoms with Crippen LogP contribution < -0.4 is 30.1 Å². The first-order chi connectivity index (χ1) is 15.4. The number of carbonyl (C=O) groups excluding carboxylic acids is 2. The monoisotopic (exact) mass is 436 g/mol. The van der Waals surface area contributed by atoms with Crippen molar-refractivity contribution in [3.05, 3.63) is 57.6 Å². The van der Waals surface area contributed by atoms with Gasteiger partial charge in [-0.05, 0) is 60.4 Å². The highest BCUT2D eigenvalue weighted by atomic mass is 16.5. The number of fused-ring (bicyclic) bond motifs is 1. The lowest BCUT2D eigenvalue weighted by molar-refractivity contribution is -0.121. The summed E-state index contributed by atoms with van der Waals surface area (Å²) >= 11 is 0. The molecule has 0 saturated carbocycles. The average molecular weight is 437 g/mol. The number of ether oxygens (including phenoxy) is 3. The summed E-state index contributed by atoms with van der Waals surface area (Å²) in [5.41, 5.74) is 2.86. The minimum absolute atomic E-state index is 0.173. The van der Waals surface area contributed by atoms with Crippen molar-refractivity contribution in [3.8, 4) is 17.2 Å². The third-order valence-electron chi connectivity index (χ3n) is 5.52. The number of rotatable bonds is 8. The Morgan fingerprint density at radius 2 is 1.78 bits per heavy atom. The molecule has 32 heavy (non-hydrogen) atoms. The third-order valence-corrected chi connectivity index (χ3v) is 5.52. The van der Waals surface area contributed by atoms with Crippen molar-refractivity contribution < 1.29 is 23.8 Å². The molecule has 1 unspecified atom stereocenters. The van der Waals surface area contributed by atoms with Crippen molar-refractivity contribution in [1.82, 2.24) is 5.32 Å². The SMILES string of the molecule is COc1cc(/C=C/C(=O)NCCC2C=c3ccc(C)c(C)c3=NC2=O)cc(OC)c1OC. The van der Waals surface area contributed by atoms with E-state index >= 15 is 0 Å². The molecular weight excluding hydrogens is 408 g/mol. The molecule has 1 atom stereocenters. The first-order valence-corrected chi connectivity index (χ1v) is 10.3. The quantitative estimate of drug-likeness (QED) is 0.641. The van der Waals surface area contributed by atoms with Crippen LogP contribution in [0.3, 0.4) is 0 Å². The normalized spacial score (nSPS) is 14.9. The predicted molar refractivity (Wildman–Crippen MR) is 122 cm³/mol. The molecule has 0 spiro atoms. The van der Waals surface area contributed by atoms with Gasteiger partial charge in [0.05, 0.1) is 32.6 Å². The van der Waals surface area contributed by atoms with Gasteiger partial charge in [-0.3, -0.25) is 9.59 Å². The molecule has 1 aliphatic heterocycles. The molecule has 0 radical (unpaired) electrons. The summed E-state index contributed by atoms with van der Waals surface area (Å²) in [7, 11) is 4.61. The van der Waals surface area contributed by atoms with E-state index in [9.17, 15) is 9.59 Å². The number of amides is 2. The van der Waals surface area contributed by atoms with Gasteiger partial charge < -0.3 is 19.5 Å². The lowest BCUT2D eigenvalue weighted by atomic mass is 9.98. The van der Waals surface area contributed by atoms with Crippen LogP contribution >= 0.6 is 0 Å². The van der Waals surface area contributed by atoms with Gasteiger partial charge in [-0.1, -0.05) is 18.2 Å². The Morgan fingerprint density at radius 1 is 1.09 bits per heavy atom. The van der Waals surface area contributed by atoms with Crippen LogP contribution in [-0.2, 0) is 9.59 Å². The second-order valence-electron chi connectivity index (χ2n) is 7.54. The number of aryl methyl sites for hydroxylation is 1. The third kappa shape index (κ3) is 4.99. The zero-order chi connectivity index (χ0) is 23.3. The fraction of sp³-hybridized carbons (Fsp3) is 0.320. The van der Waals surface area contributed by atoms with E-state index in [1.54, 1.807) is 18.2 Å². The zero-order valence-corrected chi connectivity index (χ0v) is 19.0. The number of hydrogen-bond acceptors (Lipinski definition) is 5. The van der Waals surface area contributed by atoms with Gasteiger partial charge in [0, 0.05) is 12.6 Å². The first kappa shape index (κ1) is 23.1. The molecule has 0 aromatic heterocycles. The van der Waals surface area contributed by atoms with Crippen molar-refractivity contribution in [3.63, 3.8) is 0 Å². The lowest BCUT2D eigenvalue weighted by Crippen LogP contribution is -2.37. The second kappa shape index (κ2) is 10.1. The standard InChI is InChI=1S/C25H28N2O5/c1-15-6-8-18-14-19(25(29)27-23(18)16(15)2)10-11-26-22(28)9-7-17-12-20(30-3)24(32-5)21(13-17)31-4/h6-9,12-14,19H,10-11H2,1-5H3,(H,26,28)/b9-7+. The summed E-state index contributed by atoms with van der Waals surface area (Å²) in [4.78, 5) is 28.9. The maximum absolute atomic E-state index is 12.4. The van der Waals surface area contributed by atoms with Crippen molar-refractivity contribution in [2.45, 2.75) is 20.3 Å². The van der Waals surface area contributed by atoms with Gasteiger partial charge in [0.25, 0.3) is 5.91 Å². The van der Waals surface area contributed by atoms with E-state index in [4.69, 9.17) is 14.2 Å². The number of nitrogens with zero attached hydrogens (tertiary/aromatic N) is 1. The van der Waals surface area contributed by atoms with Crippen molar-refractivity contribution in [1.29, 1.82) is 0 Å². The number of hydrogen-bond donors (Lipinski definition) is 1. The summed E-state index contributed by atoms with van der Waals surface area (Å²) in [5.74, 6) is 0.728. The maximum Gasteiger partial charge on any atom is 0.253 e. The van der Waals surface area contributed by atoms with E-state index < -0.39 is 0 Å². The van der Waals surface area contributed by atoms with Crippen LogP contribution in [0.1, 0.15) is 23.1 Å². The van der Waals surface area contributed by atoms with Crippen LogP contribution in [0.25, 0.3) is 12.2 Å². The molecule has 0 fully saturated rings. The minimum Gasteiger partial charge on any atom is -0.493 e. The zero-order valence-electron chi connectivity index (χ0n) is 19.0. The molecule has 1 aliphatic rings. The van der Waals surface area contributed by atoms with Gasteiger partial charge in [0.1, 0.15) is 0 Å². The molecule has 3 rings (SSSR count). The van der Waals surface area contributed by atoms with E-state index in [0.717, 1.165) is 27.3 Å². The highest BCUT2D eigenvalue weighted by Gasteiger charge is 2.19. The van der Waals surface area contributed by atoms with E-state index in [1.807, 2.05) is 32.1 Å². The van der Waals surface area contributed by atoms with Gasteiger partial charge in [-0.2, -0.15) is 0 Å². The summed E-state index contributed by atoms with van der Waals surface area (Å²) < 4.78 is 15.9. The lowest BCUT2D eigenvalue weighted by Gasteiger charge is -2.14. The van der Waals surface area contributed by atoms with Crippen LogP contribution in [-0.4, -0.2) is 39.7 Å². The van der Waals surface area contributed by atoms with Gasteiger partial charge in [-0.25, -0.2) is 4.99 Å². The van der Waals surface area contributed by atoms with E-state index in [2.05, 4.69) is 10.3 Å². The van der Waals surface area contributed by atoms with Crippen molar-refractivity contribution in [2.75, 3.05) is 27.9 Å². The smallest absolute Gasteiger partial charge is 0.253 e. The minimum atomic E-state index is -0.344. The average Bonchev–Trinajstić information content (AvgIpc) is 2.80. The van der Waals surface area contributed by atoms with Crippen LogP contribution in [0.15, 0.2) is 35.3 Å². The Labute approximate surface area is 187 Å². The van der Waals surface area contributed by atoms with E-state index in [-0.39, 0.29) is 17.7 Å². The molecule has 168 valence electrons.